The minimum atomic E-state index is -0.594. The van der Waals surface area contributed by atoms with E-state index < -0.39 is 5.97 Å². The molecule has 23 heavy (non-hydrogen) atoms. The number of benzene rings is 1. The van der Waals surface area contributed by atoms with E-state index in [9.17, 15) is 9.59 Å². The average molecular weight is 350 g/mol. The molecule has 1 amide bonds. The summed E-state index contributed by atoms with van der Waals surface area (Å²) in [4.78, 5) is 24.4. The average Bonchev–Trinajstić information content (AvgIpc) is 3.06. The fourth-order valence-electron chi connectivity index (χ4n) is 1.84. The van der Waals surface area contributed by atoms with Crippen molar-refractivity contribution in [2.75, 3.05) is 6.61 Å². The third-order valence-electron chi connectivity index (χ3n) is 3.00. The molecule has 0 aliphatic rings. The Morgan fingerprint density at radius 3 is 2.78 bits per heavy atom. The summed E-state index contributed by atoms with van der Waals surface area (Å²) < 4.78 is 4.91. The second-order valence-corrected chi connectivity index (χ2v) is 6.15. The second-order valence-electron chi connectivity index (χ2n) is 4.77. The molecule has 0 radical (unpaired) electrons. The van der Waals surface area contributed by atoms with Crippen molar-refractivity contribution in [1.29, 1.82) is 0 Å². The highest BCUT2D eigenvalue weighted by Gasteiger charge is 2.11. The number of rotatable bonds is 6. The van der Waals surface area contributed by atoms with E-state index in [2.05, 4.69) is 5.32 Å². The lowest BCUT2D eigenvalue weighted by Crippen LogP contribution is -2.30. The van der Waals surface area contributed by atoms with Crippen LogP contribution in [0.15, 0.2) is 47.9 Å². The first kappa shape index (κ1) is 17.2. The first-order valence-electron chi connectivity index (χ1n) is 6.98. The lowest BCUT2D eigenvalue weighted by Gasteiger charge is -2.11. The Bertz CT molecular complexity index is 698. The lowest BCUT2D eigenvalue weighted by molar-refractivity contribution is -0.144. The van der Waals surface area contributed by atoms with Crippen molar-refractivity contribution in [3.8, 4) is 0 Å². The van der Waals surface area contributed by atoms with Gasteiger partial charge < -0.3 is 10.1 Å². The van der Waals surface area contributed by atoms with Crippen molar-refractivity contribution in [3.05, 3.63) is 63.3 Å². The van der Waals surface area contributed by atoms with Crippen LogP contribution in [-0.2, 0) is 14.3 Å². The molecule has 0 aliphatic carbocycles. The van der Waals surface area contributed by atoms with Crippen molar-refractivity contribution < 1.29 is 14.3 Å². The van der Waals surface area contributed by atoms with E-state index >= 15 is 0 Å². The predicted octanol–water partition coefficient (Wildman–Crippen LogP) is 3.84. The molecule has 2 aromatic rings. The third-order valence-corrected chi connectivity index (χ3v) is 4.40. The van der Waals surface area contributed by atoms with E-state index in [0.29, 0.717) is 10.6 Å². The largest absolute Gasteiger partial charge is 0.452 e. The molecular formula is C17H16ClNO3S. The number of esters is 1. The maximum absolute atomic E-state index is 11.8. The summed E-state index contributed by atoms with van der Waals surface area (Å²) in [5, 5.41) is 5.25. The van der Waals surface area contributed by atoms with Gasteiger partial charge in [-0.25, -0.2) is 4.79 Å². The molecule has 2 rings (SSSR count). The number of carbonyl (C=O) groups excluding carboxylic acids is 2. The van der Waals surface area contributed by atoms with Crippen LogP contribution in [0.3, 0.4) is 0 Å². The van der Waals surface area contributed by atoms with Crippen LogP contribution in [0.1, 0.15) is 23.4 Å². The molecule has 1 atom stereocenters. The third kappa shape index (κ3) is 5.54. The van der Waals surface area contributed by atoms with Gasteiger partial charge >= 0.3 is 5.97 Å². The smallest absolute Gasteiger partial charge is 0.331 e. The van der Waals surface area contributed by atoms with Gasteiger partial charge in [0.05, 0.1) is 6.04 Å². The number of amides is 1. The van der Waals surface area contributed by atoms with Crippen LogP contribution in [0, 0.1) is 0 Å². The summed E-state index contributed by atoms with van der Waals surface area (Å²) in [7, 11) is 0. The standard InChI is InChI=1S/C17H16ClNO3S/c1-12(15-7-4-10-23-15)19-16(20)11-22-17(21)9-8-13-5-2-3-6-14(13)18/h2-10,12H,11H2,1H3,(H,19,20)/b9-8+/t12-/m0/s1. The van der Waals surface area contributed by atoms with E-state index in [4.69, 9.17) is 16.3 Å². The van der Waals surface area contributed by atoms with E-state index in [0.717, 1.165) is 4.88 Å². The Kier molecular flexibility index (Phi) is 6.38. The normalized spacial score (nSPS) is 12.1. The molecule has 120 valence electrons. The zero-order valence-corrected chi connectivity index (χ0v) is 14.1. The summed E-state index contributed by atoms with van der Waals surface area (Å²) in [6.45, 7) is 1.56. The quantitative estimate of drug-likeness (QED) is 0.637. The number of ether oxygens (including phenoxy) is 1. The minimum absolute atomic E-state index is 0.111. The number of hydrogen-bond acceptors (Lipinski definition) is 4. The Balaban J connectivity index is 1.78. The number of thiophene rings is 1. The molecule has 1 aromatic carbocycles. The summed E-state index contributed by atoms with van der Waals surface area (Å²) in [5.74, 6) is -0.936. The van der Waals surface area contributed by atoms with E-state index in [-0.39, 0.29) is 18.6 Å². The highest BCUT2D eigenvalue weighted by molar-refractivity contribution is 7.10. The van der Waals surface area contributed by atoms with Gasteiger partial charge in [0, 0.05) is 16.0 Å². The summed E-state index contributed by atoms with van der Waals surface area (Å²) in [5.41, 5.74) is 0.710. The zero-order chi connectivity index (χ0) is 16.7. The Morgan fingerprint density at radius 1 is 1.30 bits per heavy atom. The molecule has 4 nitrogen and oxygen atoms in total. The van der Waals surface area contributed by atoms with Gasteiger partial charge in [0.1, 0.15) is 0 Å². The molecule has 0 bridgehead atoms. The molecule has 0 fully saturated rings. The maximum Gasteiger partial charge on any atom is 0.331 e. The summed E-state index contributed by atoms with van der Waals surface area (Å²) >= 11 is 7.53. The highest BCUT2D eigenvalue weighted by Crippen LogP contribution is 2.18. The van der Waals surface area contributed by atoms with Crippen molar-refractivity contribution in [3.63, 3.8) is 0 Å². The molecule has 0 unspecified atom stereocenters. The second kappa shape index (κ2) is 8.50. The van der Waals surface area contributed by atoms with Crippen molar-refractivity contribution >= 4 is 40.9 Å². The van der Waals surface area contributed by atoms with Crippen LogP contribution in [-0.4, -0.2) is 18.5 Å². The number of carbonyl (C=O) groups is 2. The number of hydrogen-bond donors (Lipinski definition) is 1. The van der Waals surface area contributed by atoms with E-state index in [1.165, 1.54) is 6.08 Å². The van der Waals surface area contributed by atoms with Gasteiger partial charge in [0.25, 0.3) is 5.91 Å². The lowest BCUT2D eigenvalue weighted by atomic mass is 10.2. The molecule has 0 saturated carbocycles. The van der Waals surface area contributed by atoms with Crippen LogP contribution >= 0.6 is 22.9 Å². The number of nitrogens with one attached hydrogen (secondary N) is 1. The van der Waals surface area contributed by atoms with Gasteiger partial charge in [-0.05, 0) is 36.1 Å². The van der Waals surface area contributed by atoms with E-state index in [1.807, 2.05) is 30.5 Å². The predicted molar refractivity (Wildman–Crippen MR) is 92.3 cm³/mol. The molecule has 0 spiro atoms. The van der Waals surface area contributed by atoms with Crippen LogP contribution in [0.25, 0.3) is 6.08 Å². The highest BCUT2D eigenvalue weighted by atomic mass is 35.5. The van der Waals surface area contributed by atoms with Crippen LogP contribution < -0.4 is 5.32 Å². The molecule has 1 aromatic heterocycles. The summed E-state index contributed by atoms with van der Waals surface area (Å²) in [6, 6.07) is 10.9. The SMILES string of the molecule is C[C@H](NC(=O)COC(=O)/C=C/c1ccccc1Cl)c1cccs1. The number of halogens is 1. The van der Waals surface area contributed by atoms with Crippen molar-refractivity contribution in [2.24, 2.45) is 0 Å². The van der Waals surface area contributed by atoms with Crippen LogP contribution in [0.4, 0.5) is 0 Å². The Hall–Kier alpha value is -2.11. The maximum atomic E-state index is 11.8. The Labute approximate surface area is 143 Å². The zero-order valence-electron chi connectivity index (χ0n) is 12.5. The topological polar surface area (TPSA) is 55.4 Å². The first-order valence-corrected chi connectivity index (χ1v) is 8.24. The van der Waals surface area contributed by atoms with Crippen molar-refractivity contribution in [1.82, 2.24) is 5.32 Å². The molecule has 0 aliphatic heterocycles. The van der Waals surface area contributed by atoms with Gasteiger partial charge in [-0.1, -0.05) is 35.9 Å². The van der Waals surface area contributed by atoms with Crippen molar-refractivity contribution in [2.45, 2.75) is 13.0 Å². The van der Waals surface area contributed by atoms with Gasteiger partial charge in [-0.3, -0.25) is 4.79 Å². The van der Waals surface area contributed by atoms with Crippen LogP contribution in [0.2, 0.25) is 5.02 Å². The van der Waals surface area contributed by atoms with E-state index in [1.54, 1.807) is 35.6 Å². The fourth-order valence-corrected chi connectivity index (χ4v) is 2.78. The van der Waals surface area contributed by atoms with Gasteiger partial charge in [-0.2, -0.15) is 0 Å². The molecule has 0 saturated heterocycles. The summed E-state index contributed by atoms with van der Waals surface area (Å²) in [6.07, 6.45) is 2.80. The molecule has 1 N–H and O–H groups in total. The van der Waals surface area contributed by atoms with Gasteiger partial charge in [-0.15, -0.1) is 11.3 Å². The van der Waals surface area contributed by atoms with Gasteiger partial charge in [0.15, 0.2) is 6.61 Å². The first-order chi connectivity index (χ1) is 11.1. The molecular weight excluding hydrogens is 334 g/mol. The minimum Gasteiger partial charge on any atom is -0.452 e. The Morgan fingerprint density at radius 2 is 2.09 bits per heavy atom. The fraction of sp³-hybridized carbons (Fsp3) is 0.176. The molecule has 1 heterocycles. The molecule has 6 heteroatoms. The van der Waals surface area contributed by atoms with Gasteiger partial charge in [0.2, 0.25) is 0 Å². The van der Waals surface area contributed by atoms with Crippen LogP contribution in [0.5, 0.6) is 0 Å². The monoisotopic (exact) mass is 349 g/mol.